The summed E-state index contributed by atoms with van der Waals surface area (Å²) in [6, 6.07) is 11.7. The third kappa shape index (κ3) is 4.81. The summed E-state index contributed by atoms with van der Waals surface area (Å²) in [5.74, 6) is 0.172. The predicted octanol–water partition coefficient (Wildman–Crippen LogP) is 4.57. The van der Waals surface area contributed by atoms with E-state index in [1.807, 2.05) is 4.90 Å². The van der Waals surface area contributed by atoms with Crippen molar-refractivity contribution in [1.82, 2.24) is 4.90 Å². The van der Waals surface area contributed by atoms with Gasteiger partial charge in [-0.05, 0) is 42.5 Å². The highest BCUT2D eigenvalue weighted by Crippen LogP contribution is 2.30. The van der Waals surface area contributed by atoms with E-state index in [9.17, 15) is 9.18 Å². The summed E-state index contributed by atoms with van der Waals surface area (Å²) in [5.41, 5.74) is 0.980. The summed E-state index contributed by atoms with van der Waals surface area (Å²) in [6.45, 7) is 2.78. The Morgan fingerprint density at radius 2 is 1.72 bits per heavy atom. The van der Waals surface area contributed by atoms with Gasteiger partial charge in [-0.3, -0.25) is 4.79 Å². The lowest BCUT2D eigenvalue weighted by molar-refractivity contribution is -0.128. The molecule has 0 aliphatic carbocycles. The van der Waals surface area contributed by atoms with Crippen LogP contribution < -0.4 is 4.90 Å². The number of halogens is 3. The lowest BCUT2D eigenvalue weighted by Crippen LogP contribution is -2.49. The predicted molar refractivity (Wildman–Crippen MR) is 102 cm³/mol. The lowest BCUT2D eigenvalue weighted by Gasteiger charge is -2.36. The number of nitrogens with zero attached hydrogens (tertiary/aromatic N) is 2. The number of piperazine rings is 1. The zero-order valence-electron chi connectivity index (χ0n) is 13.4. The third-order valence-electron chi connectivity index (χ3n) is 4.07. The molecule has 0 aromatic heterocycles. The fraction of sp³-hybridized carbons (Fsp3) is 0.278. The molecule has 0 radical (unpaired) electrons. The molecule has 0 N–H and O–H groups in total. The second-order valence-corrected chi connectivity index (χ2v) is 7.57. The maximum atomic E-state index is 13.0. The Hall–Kier alpha value is -1.43. The first-order valence-electron chi connectivity index (χ1n) is 7.89. The van der Waals surface area contributed by atoms with E-state index in [1.165, 1.54) is 23.9 Å². The fourth-order valence-electron chi connectivity index (χ4n) is 2.68. The van der Waals surface area contributed by atoms with E-state index in [4.69, 9.17) is 23.2 Å². The molecule has 1 amide bonds. The minimum absolute atomic E-state index is 0.0831. The van der Waals surface area contributed by atoms with Crippen LogP contribution in [-0.2, 0) is 4.79 Å². The number of hydrogen-bond acceptors (Lipinski definition) is 3. The summed E-state index contributed by atoms with van der Waals surface area (Å²) in [4.78, 5) is 17.2. The van der Waals surface area contributed by atoms with Gasteiger partial charge in [0.25, 0.3) is 0 Å². The number of anilines is 1. The van der Waals surface area contributed by atoms with Crippen LogP contribution in [0.4, 0.5) is 10.1 Å². The molecular formula is C18H17Cl2FN2OS. The second kappa shape index (κ2) is 8.30. The first-order valence-corrected chi connectivity index (χ1v) is 9.63. The molecule has 0 spiro atoms. The van der Waals surface area contributed by atoms with Gasteiger partial charge in [0.2, 0.25) is 5.91 Å². The molecule has 7 heteroatoms. The van der Waals surface area contributed by atoms with Gasteiger partial charge in [-0.2, -0.15) is 0 Å². The number of benzene rings is 2. The topological polar surface area (TPSA) is 23.6 Å². The average molecular weight is 399 g/mol. The molecule has 2 aromatic carbocycles. The first-order chi connectivity index (χ1) is 12.0. The fourth-order valence-corrected chi connectivity index (χ4v) is 4.08. The molecule has 132 valence electrons. The summed E-state index contributed by atoms with van der Waals surface area (Å²) in [7, 11) is 0. The van der Waals surface area contributed by atoms with Gasteiger partial charge in [-0.15, -0.1) is 11.8 Å². The molecule has 0 saturated carbocycles. The van der Waals surface area contributed by atoms with Crippen molar-refractivity contribution >= 4 is 46.6 Å². The lowest BCUT2D eigenvalue weighted by atomic mass is 10.2. The Kier molecular flexibility index (Phi) is 6.10. The minimum Gasteiger partial charge on any atom is -0.368 e. The molecule has 1 aliphatic heterocycles. The van der Waals surface area contributed by atoms with Crippen LogP contribution in [0, 0.1) is 5.82 Å². The van der Waals surface area contributed by atoms with Crippen molar-refractivity contribution in [3.8, 4) is 0 Å². The van der Waals surface area contributed by atoms with E-state index in [1.54, 1.807) is 30.3 Å². The van der Waals surface area contributed by atoms with E-state index < -0.39 is 0 Å². The van der Waals surface area contributed by atoms with Gasteiger partial charge in [-0.1, -0.05) is 23.2 Å². The molecule has 25 heavy (non-hydrogen) atoms. The minimum atomic E-state index is -0.241. The van der Waals surface area contributed by atoms with Crippen LogP contribution in [0.5, 0.6) is 0 Å². The van der Waals surface area contributed by atoms with Crippen LogP contribution >= 0.6 is 35.0 Å². The SMILES string of the molecule is O=C(CSc1cc(Cl)ccc1Cl)N1CCN(c2ccc(F)cc2)CC1. The highest BCUT2D eigenvalue weighted by molar-refractivity contribution is 8.00. The highest BCUT2D eigenvalue weighted by atomic mass is 35.5. The Balaban J connectivity index is 1.51. The van der Waals surface area contributed by atoms with Gasteiger partial charge in [0.15, 0.2) is 0 Å². The molecule has 2 aromatic rings. The van der Waals surface area contributed by atoms with Gasteiger partial charge < -0.3 is 9.80 Å². The quantitative estimate of drug-likeness (QED) is 0.704. The summed E-state index contributed by atoms with van der Waals surface area (Å²) in [6.07, 6.45) is 0. The van der Waals surface area contributed by atoms with Crippen molar-refractivity contribution < 1.29 is 9.18 Å². The Bertz CT molecular complexity index is 749. The molecule has 1 fully saturated rings. The zero-order chi connectivity index (χ0) is 17.8. The van der Waals surface area contributed by atoms with Crippen LogP contribution in [0.2, 0.25) is 10.0 Å². The molecule has 1 aliphatic rings. The Labute approximate surface area is 160 Å². The normalized spacial score (nSPS) is 14.7. The molecule has 0 bridgehead atoms. The van der Waals surface area contributed by atoms with Crippen molar-refractivity contribution in [2.45, 2.75) is 4.90 Å². The summed E-state index contributed by atoms with van der Waals surface area (Å²) in [5, 5.41) is 1.20. The molecule has 0 unspecified atom stereocenters. The van der Waals surface area contributed by atoms with Crippen molar-refractivity contribution in [2.75, 3.05) is 36.8 Å². The van der Waals surface area contributed by atoms with E-state index in [-0.39, 0.29) is 11.7 Å². The Morgan fingerprint density at radius 3 is 2.40 bits per heavy atom. The van der Waals surface area contributed by atoms with Gasteiger partial charge in [0, 0.05) is 41.8 Å². The Morgan fingerprint density at radius 1 is 1.04 bits per heavy atom. The zero-order valence-corrected chi connectivity index (χ0v) is 15.8. The van der Waals surface area contributed by atoms with Crippen LogP contribution in [-0.4, -0.2) is 42.7 Å². The maximum Gasteiger partial charge on any atom is 0.233 e. The van der Waals surface area contributed by atoms with Crippen LogP contribution in [0.15, 0.2) is 47.4 Å². The van der Waals surface area contributed by atoms with E-state index >= 15 is 0 Å². The number of rotatable bonds is 4. The number of carbonyl (C=O) groups excluding carboxylic acids is 1. The molecule has 3 nitrogen and oxygen atoms in total. The second-order valence-electron chi connectivity index (χ2n) is 5.71. The summed E-state index contributed by atoms with van der Waals surface area (Å²) >= 11 is 13.5. The van der Waals surface area contributed by atoms with Gasteiger partial charge in [0.05, 0.1) is 10.8 Å². The van der Waals surface area contributed by atoms with Crippen molar-refractivity contribution in [1.29, 1.82) is 0 Å². The molecule has 1 heterocycles. The van der Waals surface area contributed by atoms with Gasteiger partial charge in [-0.25, -0.2) is 4.39 Å². The van der Waals surface area contributed by atoms with Crippen LogP contribution in [0.1, 0.15) is 0 Å². The molecule has 0 atom stereocenters. The molecule has 1 saturated heterocycles. The number of hydrogen-bond donors (Lipinski definition) is 0. The van der Waals surface area contributed by atoms with E-state index in [2.05, 4.69) is 4.90 Å². The van der Waals surface area contributed by atoms with Crippen LogP contribution in [0.25, 0.3) is 0 Å². The number of carbonyl (C=O) groups is 1. The summed E-state index contributed by atoms with van der Waals surface area (Å²) < 4.78 is 13.0. The van der Waals surface area contributed by atoms with Gasteiger partial charge in [0.1, 0.15) is 5.82 Å². The largest absolute Gasteiger partial charge is 0.368 e. The molecule has 3 rings (SSSR count). The highest BCUT2D eigenvalue weighted by Gasteiger charge is 2.21. The van der Waals surface area contributed by atoms with E-state index in [0.29, 0.717) is 28.9 Å². The van der Waals surface area contributed by atoms with Crippen molar-refractivity contribution in [3.05, 3.63) is 58.3 Å². The van der Waals surface area contributed by atoms with Crippen molar-refractivity contribution in [3.63, 3.8) is 0 Å². The monoisotopic (exact) mass is 398 g/mol. The molecular weight excluding hydrogens is 382 g/mol. The smallest absolute Gasteiger partial charge is 0.233 e. The average Bonchev–Trinajstić information content (AvgIpc) is 2.63. The number of amides is 1. The van der Waals surface area contributed by atoms with Crippen LogP contribution in [0.3, 0.4) is 0 Å². The van der Waals surface area contributed by atoms with Gasteiger partial charge >= 0.3 is 0 Å². The van der Waals surface area contributed by atoms with E-state index in [0.717, 1.165) is 23.7 Å². The van der Waals surface area contributed by atoms with Crippen molar-refractivity contribution in [2.24, 2.45) is 0 Å². The maximum absolute atomic E-state index is 13.0. The third-order valence-corrected chi connectivity index (χ3v) is 5.79. The number of thioether (sulfide) groups is 1. The first kappa shape index (κ1) is 18.4. The standard InChI is InChI=1S/C18H17Cl2FN2OS/c19-13-1-6-16(20)17(11-13)25-12-18(24)23-9-7-22(8-10-23)15-4-2-14(21)3-5-15/h1-6,11H,7-10,12H2.